The summed E-state index contributed by atoms with van der Waals surface area (Å²) in [7, 11) is -3.97. The summed E-state index contributed by atoms with van der Waals surface area (Å²) < 4.78 is 43.0. The lowest BCUT2D eigenvalue weighted by Gasteiger charge is -2.26. The van der Waals surface area contributed by atoms with Crippen LogP contribution in [-0.4, -0.2) is 45.0 Å². The molecule has 4 rings (SSSR count). The largest absolute Gasteiger partial charge is 0.423 e. The Labute approximate surface area is 193 Å². The van der Waals surface area contributed by atoms with E-state index >= 15 is 0 Å². The number of carbonyl (C=O) groups is 1. The number of nitrogens with zero attached hydrogens (tertiary/aromatic N) is 1. The summed E-state index contributed by atoms with van der Waals surface area (Å²) in [5.74, 6) is -0.792. The van der Waals surface area contributed by atoms with Crippen molar-refractivity contribution in [1.29, 1.82) is 0 Å². The molecule has 8 nitrogen and oxygen atoms in total. The van der Waals surface area contributed by atoms with Gasteiger partial charge in [-0.3, -0.25) is 0 Å². The summed E-state index contributed by atoms with van der Waals surface area (Å²) in [5.41, 5.74) is 0.261. The molecule has 2 aromatic carbocycles. The van der Waals surface area contributed by atoms with Crippen LogP contribution in [0.1, 0.15) is 15.9 Å². The van der Waals surface area contributed by atoms with Crippen LogP contribution < -0.4 is 10.4 Å². The molecule has 0 atom stereocenters. The average molecular weight is 498 g/mol. The predicted octanol–water partition coefficient (Wildman–Crippen LogP) is 3.65. The number of halogens is 2. The minimum absolute atomic E-state index is 0.0657. The zero-order valence-electron chi connectivity index (χ0n) is 16.8. The highest BCUT2D eigenvalue weighted by Crippen LogP contribution is 2.32. The highest BCUT2D eigenvalue weighted by Gasteiger charge is 2.30. The Balaban J connectivity index is 1.67. The zero-order chi connectivity index (χ0) is 23.0. The van der Waals surface area contributed by atoms with Crippen LogP contribution in [0.2, 0.25) is 10.0 Å². The van der Waals surface area contributed by atoms with E-state index in [1.54, 1.807) is 13.0 Å². The first-order valence-electron chi connectivity index (χ1n) is 9.50. The maximum absolute atomic E-state index is 13.0. The van der Waals surface area contributed by atoms with Crippen LogP contribution in [0.5, 0.6) is 5.75 Å². The van der Waals surface area contributed by atoms with Gasteiger partial charge in [0.1, 0.15) is 16.2 Å². The van der Waals surface area contributed by atoms with Crippen molar-refractivity contribution < 1.29 is 27.1 Å². The first-order chi connectivity index (χ1) is 15.2. The SMILES string of the molecule is Cc1cc(=O)oc2cc(OC(=O)c3cc(S(=O)(=O)N4CCOCC4)c(Cl)cc3Cl)ccc12. The Morgan fingerprint density at radius 2 is 1.78 bits per heavy atom. The summed E-state index contributed by atoms with van der Waals surface area (Å²) in [5, 5.41) is 0.512. The lowest BCUT2D eigenvalue weighted by molar-refractivity contribution is 0.0727. The molecule has 1 fully saturated rings. The molecule has 0 amide bonds. The zero-order valence-corrected chi connectivity index (χ0v) is 19.1. The summed E-state index contributed by atoms with van der Waals surface area (Å²) in [6.45, 7) is 2.62. The van der Waals surface area contributed by atoms with Gasteiger partial charge >= 0.3 is 11.6 Å². The van der Waals surface area contributed by atoms with Crippen LogP contribution in [0.3, 0.4) is 0 Å². The second-order valence-corrected chi connectivity index (χ2v) is 9.80. The molecule has 1 aromatic heterocycles. The molecule has 0 unspecified atom stereocenters. The van der Waals surface area contributed by atoms with Gasteiger partial charge in [0.2, 0.25) is 10.0 Å². The summed E-state index contributed by atoms with van der Waals surface area (Å²) in [4.78, 5) is 24.2. The topological polar surface area (TPSA) is 103 Å². The molecule has 2 heterocycles. The Morgan fingerprint density at radius 3 is 2.50 bits per heavy atom. The standard InChI is InChI=1S/C21H17Cl2NO7S/c1-12-8-20(25)31-18-9-13(2-3-14(12)18)30-21(26)15-10-19(17(23)11-16(15)22)32(27,28)24-4-6-29-7-5-24/h2-3,8-11H,4-7H2,1H3. The average Bonchev–Trinajstić information content (AvgIpc) is 2.73. The van der Waals surface area contributed by atoms with Gasteiger partial charge in [0, 0.05) is 30.6 Å². The van der Waals surface area contributed by atoms with Crippen molar-refractivity contribution in [2.75, 3.05) is 26.3 Å². The minimum Gasteiger partial charge on any atom is -0.423 e. The predicted molar refractivity (Wildman–Crippen MR) is 118 cm³/mol. The first kappa shape index (κ1) is 22.8. The molecule has 11 heteroatoms. The quantitative estimate of drug-likeness (QED) is 0.307. The number of benzene rings is 2. The minimum atomic E-state index is -3.97. The number of morpholine rings is 1. The maximum atomic E-state index is 13.0. The highest BCUT2D eigenvalue weighted by atomic mass is 35.5. The second kappa shape index (κ2) is 8.84. The van der Waals surface area contributed by atoms with Gasteiger partial charge in [0.25, 0.3) is 0 Å². The highest BCUT2D eigenvalue weighted by molar-refractivity contribution is 7.89. The molecule has 0 aliphatic carbocycles. The van der Waals surface area contributed by atoms with Crippen LogP contribution >= 0.6 is 23.2 Å². The van der Waals surface area contributed by atoms with E-state index in [-0.39, 0.29) is 58.1 Å². The van der Waals surface area contributed by atoms with Crippen molar-refractivity contribution in [2.45, 2.75) is 11.8 Å². The fourth-order valence-electron chi connectivity index (χ4n) is 3.34. The molecule has 0 spiro atoms. The van der Waals surface area contributed by atoms with E-state index in [1.807, 2.05) is 0 Å². The number of esters is 1. The number of sulfonamides is 1. The molecule has 1 aliphatic rings. The van der Waals surface area contributed by atoms with Crippen molar-refractivity contribution >= 4 is 50.2 Å². The van der Waals surface area contributed by atoms with E-state index in [0.717, 1.165) is 6.07 Å². The lowest BCUT2D eigenvalue weighted by Crippen LogP contribution is -2.40. The van der Waals surface area contributed by atoms with E-state index in [2.05, 4.69) is 0 Å². The molecule has 3 aromatic rings. The number of ether oxygens (including phenoxy) is 2. The number of hydrogen-bond donors (Lipinski definition) is 0. The first-order valence-corrected chi connectivity index (χ1v) is 11.7. The van der Waals surface area contributed by atoms with E-state index in [0.29, 0.717) is 10.9 Å². The number of hydrogen-bond acceptors (Lipinski definition) is 7. The van der Waals surface area contributed by atoms with Crippen LogP contribution in [-0.2, 0) is 14.8 Å². The summed E-state index contributed by atoms with van der Waals surface area (Å²) in [6.07, 6.45) is 0. The van der Waals surface area contributed by atoms with E-state index < -0.39 is 21.6 Å². The lowest BCUT2D eigenvalue weighted by atomic mass is 10.1. The van der Waals surface area contributed by atoms with Gasteiger partial charge in [0.15, 0.2) is 0 Å². The summed E-state index contributed by atoms with van der Waals surface area (Å²) in [6, 6.07) is 8.23. The molecule has 0 bridgehead atoms. The number of fused-ring (bicyclic) bond motifs is 1. The third kappa shape index (κ3) is 4.39. The monoisotopic (exact) mass is 497 g/mol. The fourth-order valence-corrected chi connectivity index (χ4v) is 5.57. The van der Waals surface area contributed by atoms with Crippen molar-refractivity contribution in [3.05, 3.63) is 68.0 Å². The Morgan fingerprint density at radius 1 is 1.06 bits per heavy atom. The van der Waals surface area contributed by atoms with Gasteiger partial charge in [-0.1, -0.05) is 23.2 Å². The molecule has 168 valence electrons. The van der Waals surface area contributed by atoms with Crippen molar-refractivity contribution in [2.24, 2.45) is 0 Å². The van der Waals surface area contributed by atoms with Gasteiger partial charge in [-0.2, -0.15) is 4.31 Å². The number of carbonyl (C=O) groups excluding carboxylic acids is 1. The molecule has 0 saturated carbocycles. The van der Waals surface area contributed by atoms with Gasteiger partial charge in [-0.25, -0.2) is 18.0 Å². The van der Waals surface area contributed by atoms with E-state index in [4.69, 9.17) is 37.1 Å². The van der Waals surface area contributed by atoms with Crippen LogP contribution in [0.15, 0.2) is 50.5 Å². The number of rotatable bonds is 4. The van der Waals surface area contributed by atoms with Gasteiger partial charge in [-0.05, 0) is 36.8 Å². The van der Waals surface area contributed by atoms with Crippen LogP contribution in [0, 0.1) is 6.92 Å². The second-order valence-electron chi connectivity index (χ2n) is 7.07. The third-order valence-corrected chi connectivity index (χ3v) is 7.64. The molecular formula is C21H17Cl2NO7S. The Hall–Kier alpha value is -2.43. The van der Waals surface area contributed by atoms with E-state index in [1.165, 1.54) is 28.6 Å². The molecular weight excluding hydrogens is 481 g/mol. The van der Waals surface area contributed by atoms with Crippen molar-refractivity contribution in [3.8, 4) is 5.75 Å². The summed E-state index contributed by atoms with van der Waals surface area (Å²) >= 11 is 12.3. The molecule has 32 heavy (non-hydrogen) atoms. The Bertz CT molecular complexity index is 1380. The maximum Gasteiger partial charge on any atom is 0.345 e. The van der Waals surface area contributed by atoms with Gasteiger partial charge < -0.3 is 13.9 Å². The Kier molecular flexibility index (Phi) is 6.28. The third-order valence-electron chi connectivity index (χ3n) is 4.96. The molecule has 1 saturated heterocycles. The number of aryl methyl sites for hydroxylation is 1. The van der Waals surface area contributed by atoms with Crippen LogP contribution in [0.4, 0.5) is 0 Å². The molecule has 0 radical (unpaired) electrons. The normalized spacial score (nSPS) is 15.1. The smallest absolute Gasteiger partial charge is 0.345 e. The van der Waals surface area contributed by atoms with Gasteiger partial charge in [0.05, 0.1) is 28.8 Å². The fraction of sp³-hybridized carbons (Fsp3) is 0.238. The van der Waals surface area contributed by atoms with Crippen molar-refractivity contribution in [1.82, 2.24) is 4.31 Å². The van der Waals surface area contributed by atoms with Crippen LogP contribution in [0.25, 0.3) is 11.0 Å². The van der Waals surface area contributed by atoms with Crippen molar-refractivity contribution in [3.63, 3.8) is 0 Å². The van der Waals surface area contributed by atoms with E-state index in [9.17, 15) is 18.0 Å². The molecule has 1 aliphatic heterocycles. The van der Waals surface area contributed by atoms with Gasteiger partial charge in [-0.15, -0.1) is 0 Å². The molecule has 0 N–H and O–H groups in total.